The van der Waals surface area contributed by atoms with E-state index in [1.807, 2.05) is 0 Å². The van der Waals surface area contributed by atoms with Gasteiger partial charge in [0.25, 0.3) is 0 Å². The molecule has 1 aromatic rings. The quantitative estimate of drug-likeness (QED) is 0.202. The first-order valence-corrected chi connectivity index (χ1v) is 15.9. The molecule has 3 rings (SSSR count). The summed E-state index contributed by atoms with van der Waals surface area (Å²) in [5.74, 6) is -1.86. The van der Waals surface area contributed by atoms with Gasteiger partial charge in [-0.2, -0.15) is 0 Å². The molecule has 0 spiro atoms. The Morgan fingerprint density at radius 1 is 0.976 bits per heavy atom. The first kappa shape index (κ1) is 32.6. The van der Waals surface area contributed by atoms with Crippen molar-refractivity contribution in [2.24, 2.45) is 5.92 Å². The topological polar surface area (TPSA) is 183 Å². The summed E-state index contributed by atoms with van der Waals surface area (Å²) in [5.41, 5.74) is 0.563. The number of phosphoric acid groups is 1. The zero-order valence-electron chi connectivity index (χ0n) is 23.5. The lowest BCUT2D eigenvalue weighted by Crippen LogP contribution is -2.55. The second-order valence-corrected chi connectivity index (χ2v) is 12.2. The van der Waals surface area contributed by atoms with Crippen LogP contribution in [-0.2, 0) is 30.2 Å². The van der Waals surface area contributed by atoms with Gasteiger partial charge >= 0.3 is 13.8 Å². The van der Waals surface area contributed by atoms with E-state index in [1.165, 1.54) is 63.3 Å². The van der Waals surface area contributed by atoms with Crippen LogP contribution in [0.3, 0.4) is 0 Å². The van der Waals surface area contributed by atoms with Gasteiger partial charge in [-0.25, -0.2) is 4.57 Å². The number of carbonyl (C=O) groups excluding carboxylic acids is 3. The molecule has 1 saturated heterocycles. The number of hydrogen-bond donors (Lipinski definition) is 5. The summed E-state index contributed by atoms with van der Waals surface area (Å²) < 4.78 is 15.6. The molecule has 5 N–H and O–H groups in total. The molecule has 1 saturated carbocycles. The minimum atomic E-state index is -4.73. The fourth-order valence-corrected chi connectivity index (χ4v) is 6.24. The molecule has 13 heteroatoms. The molecule has 2 fully saturated rings. The standard InChI is InChI=1S/C28H42N3O9P/c1-19(32)29-25(18-21-10-13-23(14-11-21)40-41(37,38)39)27(35)30-24(15-16-26(33)34)28(36)31-17-5-8-22(31)12-9-20-6-3-2-4-7-20/h10-11,13-14,20,22,24-25H,2-9,12,15-18H2,1H3,(H,29,32)(H,30,35)(H,33,34)(H2,37,38,39)/t22-,24?,25+/m1/s1. The molecule has 0 aromatic heterocycles. The molecule has 1 aromatic carbocycles. The largest absolute Gasteiger partial charge is 0.524 e. The Balaban J connectivity index is 1.69. The molecule has 41 heavy (non-hydrogen) atoms. The smallest absolute Gasteiger partial charge is 0.481 e. The van der Waals surface area contributed by atoms with Crippen LogP contribution in [0.2, 0.25) is 0 Å². The van der Waals surface area contributed by atoms with E-state index < -0.39 is 37.7 Å². The molecule has 0 bridgehead atoms. The van der Waals surface area contributed by atoms with Gasteiger partial charge in [0.15, 0.2) is 0 Å². The maximum Gasteiger partial charge on any atom is 0.524 e. The third-order valence-electron chi connectivity index (χ3n) is 7.84. The van der Waals surface area contributed by atoms with Gasteiger partial charge in [0.1, 0.15) is 17.8 Å². The number of carboxylic acid groups (broad SMARTS) is 1. The number of nitrogens with zero attached hydrogens (tertiary/aromatic N) is 1. The molecular formula is C28H42N3O9P. The van der Waals surface area contributed by atoms with E-state index in [0.717, 1.165) is 25.7 Å². The van der Waals surface area contributed by atoms with Crippen molar-refractivity contribution >= 4 is 31.5 Å². The Morgan fingerprint density at radius 2 is 1.66 bits per heavy atom. The van der Waals surface area contributed by atoms with Crippen molar-refractivity contribution in [3.05, 3.63) is 29.8 Å². The Morgan fingerprint density at radius 3 is 2.27 bits per heavy atom. The predicted octanol–water partition coefficient (Wildman–Crippen LogP) is 2.91. The van der Waals surface area contributed by atoms with Crippen molar-refractivity contribution in [3.63, 3.8) is 0 Å². The van der Waals surface area contributed by atoms with E-state index in [0.29, 0.717) is 18.0 Å². The van der Waals surface area contributed by atoms with Crippen LogP contribution in [-0.4, -0.2) is 68.2 Å². The number of rotatable bonds is 14. The lowest BCUT2D eigenvalue weighted by Gasteiger charge is -2.31. The summed E-state index contributed by atoms with van der Waals surface area (Å²) in [7, 11) is -4.73. The Kier molecular flexibility index (Phi) is 12.2. The van der Waals surface area contributed by atoms with Gasteiger partial charge in [0.05, 0.1) is 0 Å². The first-order chi connectivity index (χ1) is 19.4. The summed E-state index contributed by atoms with van der Waals surface area (Å²) >= 11 is 0. The zero-order valence-corrected chi connectivity index (χ0v) is 24.4. The molecule has 0 radical (unpaired) electrons. The van der Waals surface area contributed by atoms with E-state index in [9.17, 15) is 28.8 Å². The third kappa shape index (κ3) is 11.1. The number of benzene rings is 1. The number of carbonyl (C=O) groups is 4. The number of nitrogens with one attached hydrogen (secondary N) is 2. The monoisotopic (exact) mass is 595 g/mol. The molecular weight excluding hydrogens is 553 g/mol. The van der Waals surface area contributed by atoms with Crippen molar-refractivity contribution in [3.8, 4) is 5.75 Å². The second-order valence-electron chi connectivity index (χ2n) is 11.1. The highest BCUT2D eigenvalue weighted by molar-refractivity contribution is 7.46. The van der Waals surface area contributed by atoms with E-state index in [1.54, 1.807) is 4.90 Å². The molecule has 12 nitrogen and oxygen atoms in total. The SMILES string of the molecule is CC(=O)N[C@@H](Cc1ccc(OP(=O)(O)O)cc1)C(=O)NC(CCC(=O)O)C(=O)N1CCC[C@@H]1CCC1CCCCC1. The highest BCUT2D eigenvalue weighted by Crippen LogP contribution is 2.37. The molecule has 1 heterocycles. The molecule has 3 atom stereocenters. The fraction of sp³-hybridized carbons (Fsp3) is 0.643. The molecule has 1 aliphatic carbocycles. The van der Waals surface area contributed by atoms with Crippen LogP contribution in [0.4, 0.5) is 0 Å². The van der Waals surface area contributed by atoms with Crippen LogP contribution in [0.1, 0.15) is 83.1 Å². The lowest BCUT2D eigenvalue weighted by atomic mass is 9.85. The van der Waals surface area contributed by atoms with E-state index in [2.05, 4.69) is 15.2 Å². The number of carboxylic acids is 1. The highest BCUT2D eigenvalue weighted by Gasteiger charge is 2.35. The average molecular weight is 596 g/mol. The number of amides is 3. The van der Waals surface area contributed by atoms with Crippen molar-refractivity contribution in [1.82, 2.24) is 15.5 Å². The van der Waals surface area contributed by atoms with Gasteiger partial charge in [-0.1, -0.05) is 44.2 Å². The minimum absolute atomic E-state index is 0.0230. The summed E-state index contributed by atoms with van der Waals surface area (Å²) in [6, 6.07) is 3.61. The maximum atomic E-state index is 13.7. The third-order valence-corrected chi connectivity index (χ3v) is 8.28. The van der Waals surface area contributed by atoms with Crippen LogP contribution in [0.5, 0.6) is 5.75 Å². The van der Waals surface area contributed by atoms with Gasteiger partial charge in [0, 0.05) is 32.4 Å². The van der Waals surface area contributed by atoms with Gasteiger partial charge < -0.3 is 25.2 Å². The summed E-state index contributed by atoms with van der Waals surface area (Å²) in [6.07, 6.45) is 9.57. The maximum absolute atomic E-state index is 13.7. The minimum Gasteiger partial charge on any atom is -0.481 e. The molecule has 2 aliphatic rings. The van der Waals surface area contributed by atoms with Gasteiger partial charge in [-0.05, 0) is 55.7 Å². The Hall–Kier alpha value is -2.95. The second kappa shape index (κ2) is 15.3. The lowest BCUT2D eigenvalue weighted by molar-refractivity contribution is -0.140. The molecule has 3 amide bonds. The van der Waals surface area contributed by atoms with E-state index in [-0.39, 0.29) is 37.0 Å². The molecule has 1 aliphatic heterocycles. The predicted molar refractivity (Wildman–Crippen MR) is 150 cm³/mol. The number of phosphoric ester groups is 1. The highest BCUT2D eigenvalue weighted by atomic mass is 31.2. The van der Waals surface area contributed by atoms with Gasteiger partial charge in [-0.15, -0.1) is 0 Å². The van der Waals surface area contributed by atoms with E-state index >= 15 is 0 Å². The molecule has 228 valence electrons. The first-order valence-electron chi connectivity index (χ1n) is 14.3. The summed E-state index contributed by atoms with van der Waals surface area (Å²) in [4.78, 5) is 70.0. The average Bonchev–Trinajstić information content (AvgIpc) is 3.38. The summed E-state index contributed by atoms with van der Waals surface area (Å²) in [6.45, 7) is 1.82. The Bertz CT molecular complexity index is 1100. The number of likely N-dealkylation sites (tertiary alicyclic amines) is 1. The Labute approximate surface area is 240 Å². The normalized spacial score (nSPS) is 19.3. The zero-order chi connectivity index (χ0) is 30.0. The summed E-state index contributed by atoms with van der Waals surface area (Å²) in [5, 5.41) is 14.6. The van der Waals surface area contributed by atoms with Crippen LogP contribution >= 0.6 is 7.82 Å². The number of aliphatic carboxylic acids is 1. The fourth-order valence-electron chi connectivity index (χ4n) is 5.84. The molecule has 1 unspecified atom stereocenters. The van der Waals surface area contributed by atoms with Crippen LogP contribution in [0.15, 0.2) is 24.3 Å². The van der Waals surface area contributed by atoms with Crippen molar-refractivity contribution < 1.29 is 43.2 Å². The van der Waals surface area contributed by atoms with Crippen molar-refractivity contribution in [1.29, 1.82) is 0 Å². The van der Waals surface area contributed by atoms with Crippen molar-refractivity contribution in [2.75, 3.05) is 6.54 Å². The van der Waals surface area contributed by atoms with Crippen molar-refractivity contribution in [2.45, 2.75) is 102 Å². The van der Waals surface area contributed by atoms with Crippen LogP contribution in [0.25, 0.3) is 0 Å². The van der Waals surface area contributed by atoms with E-state index in [4.69, 9.17) is 9.79 Å². The van der Waals surface area contributed by atoms with Gasteiger partial charge in [-0.3, -0.25) is 29.0 Å². The van der Waals surface area contributed by atoms with Crippen LogP contribution < -0.4 is 15.2 Å². The van der Waals surface area contributed by atoms with Crippen LogP contribution in [0, 0.1) is 5.92 Å². The van der Waals surface area contributed by atoms with Gasteiger partial charge in [0.2, 0.25) is 17.7 Å². The number of hydrogen-bond acceptors (Lipinski definition) is 6.